The molecular weight excluding hydrogens is 374 g/mol. The van der Waals surface area contributed by atoms with Crippen LogP contribution in [0, 0.1) is 6.92 Å². The van der Waals surface area contributed by atoms with Crippen molar-refractivity contribution < 1.29 is 14.0 Å². The van der Waals surface area contributed by atoms with E-state index in [-0.39, 0.29) is 24.8 Å². The third-order valence-electron chi connectivity index (χ3n) is 4.42. The summed E-state index contributed by atoms with van der Waals surface area (Å²) < 4.78 is 5.67. The van der Waals surface area contributed by atoms with Crippen molar-refractivity contribution in [3.05, 3.63) is 58.8 Å². The molecular formula is C21H23N3O3S. The molecule has 2 aromatic heterocycles. The molecule has 0 aliphatic rings. The Balaban J connectivity index is 1.59. The van der Waals surface area contributed by atoms with E-state index in [1.165, 1.54) is 16.2 Å². The van der Waals surface area contributed by atoms with Gasteiger partial charge in [-0.25, -0.2) is 4.98 Å². The second-order valence-corrected chi connectivity index (χ2v) is 7.43. The largest absolute Gasteiger partial charge is 0.440 e. The molecule has 3 aromatic rings. The average Bonchev–Trinajstić information content (AvgIpc) is 3.32. The minimum Gasteiger partial charge on any atom is -0.440 e. The fourth-order valence-electron chi connectivity index (χ4n) is 2.82. The molecule has 0 atom stereocenters. The Bertz CT molecular complexity index is 963. The van der Waals surface area contributed by atoms with Crippen LogP contribution in [0.4, 0.5) is 5.69 Å². The second-order valence-electron chi connectivity index (χ2n) is 6.48. The number of aryl methyl sites for hydroxylation is 2. The molecule has 28 heavy (non-hydrogen) atoms. The summed E-state index contributed by atoms with van der Waals surface area (Å²) in [4.78, 5) is 31.6. The van der Waals surface area contributed by atoms with Gasteiger partial charge in [-0.1, -0.05) is 31.2 Å². The van der Waals surface area contributed by atoms with Gasteiger partial charge in [-0.05, 0) is 36.4 Å². The molecule has 1 aromatic carbocycles. The lowest BCUT2D eigenvalue weighted by molar-refractivity contribution is -0.132. The number of thiophene rings is 1. The highest BCUT2D eigenvalue weighted by atomic mass is 32.1. The van der Waals surface area contributed by atoms with Gasteiger partial charge in [0.1, 0.15) is 5.76 Å². The smallest absolute Gasteiger partial charge is 0.243 e. The quantitative estimate of drug-likeness (QED) is 0.656. The lowest BCUT2D eigenvalue weighted by atomic mass is 10.1. The molecule has 2 amide bonds. The van der Waals surface area contributed by atoms with Crippen molar-refractivity contribution in [2.24, 2.45) is 0 Å². The van der Waals surface area contributed by atoms with Crippen molar-refractivity contribution in [2.75, 3.05) is 18.9 Å². The number of rotatable bonds is 7. The molecule has 0 radical (unpaired) electrons. The summed E-state index contributed by atoms with van der Waals surface area (Å²) in [6.07, 6.45) is 0.916. The van der Waals surface area contributed by atoms with Crippen LogP contribution >= 0.6 is 11.3 Å². The number of carbonyl (C=O) groups is 2. The van der Waals surface area contributed by atoms with Crippen LogP contribution in [-0.2, 0) is 22.4 Å². The molecule has 1 N–H and O–H groups in total. The lowest BCUT2D eigenvalue weighted by Crippen LogP contribution is -2.36. The van der Waals surface area contributed by atoms with Gasteiger partial charge in [0.15, 0.2) is 0 Å². The van der Waals surface area contributed by atoms with Gasteiger partial charge >= 0.3 is 0 Å². The highest BCUT2D eigenvalue weighted by Gasteiger charge is 2.19. The average molecular weight is 398 g/mol. The van der Waals surface area contributed by atoms with E-state index in [4.69, 9.17) is 4.42 Å². The van der Waals surface area contributed by atoms with Crippen LogP contribution in [0.1, 0.15) is 23.9 Å². The predicted octanol–water partition coefficient (Wildman–Crippen LogP) is 3.91. The molecule has 0 aliphatic carbocycles. The van der Waals surface area contributed by atoms with Crippen LogP contribution in [0.2, 0.25) is 0 Å². The Morgan fingerprint density at radius 1 is 1.21 bits per heavy atom. The minimum atomic E-state index is -0.229. The third-order valence-corrected chi connectivity index (χ3v) is 5.28. The Kier molecular flexibility index (Phi) is 6.26. The second kappa shape index (κ2) is 8.84. The number of benzene rings is 1. The van der Waals surface area contributed by atoms with Crippen molar-refractivity contribution in [2.45, 2.75) is 26.7 Å². The number of carbonyl (C=O) groups excluding carboxylic acids is 2. The normalized spacial score (nSPS) is 10.7. The van der Waals surface area contributed by atoms with E-state index in [9.17, 15) is 9.59 Å². The van der Waals surface area contributed by atoms with Crippen molar-refractivity contribution in [3.8, 4) is 10.8 Å². The number of aromatic nitrogens is 1. The standard InChI is InChI=1S/C21H23N3O3S/c1-4-15-8-5-6-9-16(15)22-19(25)13-24(3)20(26)12-17-14(2)27-21(23-17)18-10-7-11-28-18/h5-11H,4,12-13H2,1-3H3,(H,22,25). The van der Waals surface area contributed by atoms with Crippen molar-refractivity contribution in [1.82, 2.24) is 9.88 Å². The van der Waals surface area contributed by atoms with E-state index in [1.54, 1.807) is 14.0 Å². The number of nitrogens with one attached hydrogen (secondary N) is 1. The molecule has 0 saturated heterocycles. The minimum absolute atomic E-state index is 0.0223. The summed E-state index contributed by atoms with van der Waals surface area (Å²) in [7, 11) is 1.61. The topological polar surface area (TPSA) is 75.4 Å². The maximum absolute atomic E-state index is 12.5. The molecule has 146 valence electrons. The van der Waals surface area contributed by atoms with Gasteiger partial charge in [-0.2, -0.15) is 0 Å². The Morgan fingerprint density at radius 2 is 2.00 bits per heavy atom. The van der Waals surface area contributed by atoms with Crippen LogP contribution in [-0.4, -0.2) is 35.3 Å². The van der Waals surface area contributed by atoms with E-state index in [0.29, 0.717) is 17.3 Å². The molecule has 2 heterocycles. The molecule has 0 saturated carbocycles. The lowest BCUT2D eigenvalue weighted by Gasteiger charge is -2.17. The first kappa shape index (κ1) is 19.8. The highest BCUT2D eigenvalue weighted by molar-refractivity contribution is 7.13. The zero-order chi connectivity index (χ0) is 20.1. The molecule has 0 unspecified atom stereocenters. The van der Waals surface area contributed by atoms with Crippen LogP contribution in [0.25, 0.3) is 10.8 Å². The van der Waals surface area contributed by atoms with Gasteiger partial charge < -0.3 is 14.6 Å². The number of para-hydroxylation sites is 1. The first-order valence-corrected chi connectivity index (χ1v) is 9.97. The van der Waals surface area contributed by atoms with Gasteiger partial charge in [-0.3, -0.25) is 9.59 Å². The van der Waals surface area contributed by atoms with Gasteiger partial charge in [0.05, 0.1) is 23.5 Å². The van der Waals surface area contributed by atoms with E-state index in [0.717, 1.165) is 22.5 Å². The maximum atomic E-state index is 12.5. The van der Waals surface area contributed by atoms with Crippen molar-refractivity contribution in [3.63, 3.8) is 0 Å². The maximum Gasteiger partial charge on any atom is 0.243 e. The monoisotopic (exact) mass is 397 g/mol. The Hall–Kier alpha value is -2.93. The summed E-state index contributed by atoms with van der Waals surface area (Å²) in [5.74, 6) is 0.722. The van der Waals surface area contributed by atoms with E-state index < -0.39 is 0 Å². The van der Waals surface area contributed by atoms with Gasteiger partial charge in [0, 0.05) is 12.7 Å². The molecule has 0 bridgehead atoms. The summed E-state index contributed by atoms with van der Waals surface area (Å²) in [5.41, 5.74) is 2.44. The third kappa shape index (κ3) is 4.67. The van der Waals surface area contributed by atoms with E-state index in [1.807, 2.05) is 48.7 Å². The summed E-state index contributed by atoms with van der Waals surface area (Å²) in [5, 5.41) is 4.83. The van der Waals surface area contributed by atoms with E-state index >= 15 is 0 Å². The van der Waals surface area contributed by atoms with Gasteiger partial charge in [-0.15, -0.1) is 11.3 Å². The van der Waals surface area contributed by atoms with Crippen LogP contribution < -0.4 is 5.32 Å². The zero-order valence-electron chi connectivity index (χ0n) is 16.2. The highest BCUT2D eigenvalue weighted by Crippen LogP contribution is 2.26. The number of likely N-dealkylation sites (N-methyl/N-ethyl adjacent to an activating group) is 1. The summed E-state index contributed by atoms with van der Waals surface area (Å²) in [6, 6.07) is 11.5. The molecule has 0 fully saturated rings. The van der Waals surface area contributed by atoms with E-state index in [2.05, 4.69) is 10.3 Å². The zero-order valence-corrected chi connectivity index (χ0v) is 17.0. The van der Waals surface area contributed by atoms with Crippen LogP contribution in [0.5, 0.6) is 0 Å². The number of hydrogen-bond donors (Lipinski definition) is 1. The van der Waals surface area contributed by atoms with Crippen molar-refractivity contribution >= 4 is 28.8 Å². The van der Waals surface area contributed by atoms with Gasteiger partial charge in [0.2, 0.25) is 17.7 Å². The van der Waals surface area contributed by atoms with Crippen LogP contribution in [0.15, 0.2) is 46.2 Å². The Labute approximate surface area is 168 Å². The summed E-state index contributed by atoms with van der Waals surface area (Å²) in [6.45, 7) is 3.80. The number of hydrogen-bond acceptors (Lipinski definition) is 5. The number of nitrogens with zero attached hydrogens (tertiary/aromatic N) is 2. The predicted molar refractivity (Wildman–Crippen MR) is 110 cm³/mol. The molecule has 3 rings (SSSR count). The molecule has 0 spiro atoms. The number of anilines is 1. The Morgan fingerprint density at radius 3 is 2.71 bits per heavy atom. The van der Waals surface area contributed by atoms with Gasteiger partial charge in [0.25, 0.3) is 0 Å². The molecule has 6 nitrogen and oxygen atoms in total. The van der Waals surface area contributed by atoms with Crippen LogP contribution in [0.3, 0.4) is 0 Å². The summed E-state index contributed by atoms with van der Waals surface area (Å²) >= 11 is 1.53. The first-order chi connectivity index (χ1) is 13.5. The SMILES string of the molecule is CCc1ccccc1NC(=O)CN(C)C(=O)Cc1nc(-c2cccs2)oc1C. The molecule has 7 heteroatoms. The first-order valence-electron chi connectivity index (χ1n) is 9.09. The van der Waals surface area contributed by atoms with Crippen molar-refractivity contribution in [1.29, 1.82) is 0 Å². The number of amides is 2. The molecule has 0 aliphatic heterocycles. The fraction of sp³-hybridized carbons (Fsp3) is 0.286. The number of oxazole rings is 1. The fourth-order valence-corrected chi connectivity index (χ4v) is 3.47.